The molecular weight excluding hydrogens is 252 g/mol. The zero-order valence-electron chi connectivity index (χ0n) is 12.3. The fourth-order valence-corrected chi connectivity index (χ4v) is 1.94. The van der Waals surface area contributed by atoms with Crippen LogP contribution < -0.4 is 5.32 Å². The van der Waals surface area contributed by atoms with Gasteiger partial charge in [0, 0.05) is 24.9 Å². The number of rotatable bonds is 6. The Kier molecular flexibility index (Phi) is 4.87. The van der Waals surface area contributed by atoms with Gasteiger partial charge >= 0.3 is 0 Å². The van der Waals surface area contributed by atoms with Crippen molar-refractivity contribution in [3.8, 4) is 0 Å². The zero-order chi connectivity index (χ0) is 14.5. The van der Waals surface area contributed by atoms with E-state index in [1.54, 1.807) is 6.92 Å². The highest BCUT2D eigenvalue weighted by Gasteiger charge is 2.08. The predicted octanol–water partition coefficient (Wildman–Crippen LogP) is 1.53. The fraction of sp³-hybridized carbons (Fsp3) is 0.467. The number of nitrogens with one attached hydrogen (secondary N) is 1. The molecule has 1 atom stereocenters. The summed E-state index contributed by atoms with van der Waals surface area (Å²) in [6.45, 7) is 3.14. The molecule has 0 radical (unpaired) electrons. The van der Waals surface area contributed by atoms with Crippen LogP contribution in [0.2, 0.25) is 0 Å². The van der Waals surface area contributed by atoms with Crippen LogP contribution in [0.4, 0.5) is 5.82 Å². The van der Waals surface area contributed by atoms with Gasteiger partial charge < -0.3 is 15.3 Å². The lowest BCUT2D eigenvalue weighted by molar-refractivity contribution is 0.208. The summed E-state index contributed by atoms with van der Waals surface area (Å²) < 4.78 is 0. The molecule has 0 saturated carbocycles. The molecule has 5 heteroatoms. The summed E-state index contributed by atoms with van der Waals surface area (Å²) in [5.41, 5.74) is 0.935. The number of nitrogens with zero attached hydrogens (tertiary/aromatic N) is 3. The highest BCUT2D eigenvalue weighted by Crippen LogP contribution is 2.20. The molecule has 0 saturated heterocycles. The summed E-state index contributed by atoms with van der Waals surface area (Å²) in [7, 11) is 4.07. The SMILES string of the molecule is C[C@@H](O)CNc1nc(CCN(C)C)nc2ccccc12. The van der Waals surface area contributed by atoms with Gasteiger partial charge in [-0.05, 0) is 33.2 Å². The molecule has 2 N–H and O–H groups in total. The molecular formula is C15H22N4O. The Morgan fingerprint density at radius 1 is 1.25 bits per heavy atom. The average molecular weight is 274 g/mol. The molecule has 0 fully saturated rings. The summed E-state index contributed by atoms with van der Waals surface area (Å²) in [6, 6.07) is 7.93. The third kappa shape index (κ3) is 3.88. The lowest BCUT2D eigenvalue weighted by Crippen LogP contribution is -2.19. The van der Waals surface area contributed by atoms with Crippen LogP contribution in [0.5, 0.6) is 0 Å². The van der Waals surface area contributed by atoms with E-state index in [1.165, 1.54) is 0 Å². The Morgan fingerprint density at radius 3 is 2.70 bits per heavy atom. The van der Waals surface area contributed by atoms with Gasteiger partial charge in [0.05, 0.1) is 11.6 Å². The van der Waals surface area contributed by atoms with Crippen molar-refractivity contribution < 1.29 is 5.11 Å². The quantitative estimate of drug-likeness (QED) is 0.836. The molecule has 1 aromatic carbocycles. The minimum Gasteiger partial charge on any atom is -0.392 e. The van der Waals surface area contributed by atoms with E-state index < -0.39 is 6.10 Å². The molecule has 108 valence electrons. The fourth-order valence-electron chi connectivity index (χ4n) is 1.94. The smallest absolute Gasteiger partial charge is 0.137 e. The van der Waals surface area contributed by atoms with E-state index in [1.807, 2.05) is 38.4 Å². The lowest BCUT2D eigenvalue weighted by atomic mass is 10.2. The van der Waals surface area contributed by atoms with Crippen molar-refractivity contribution in [2.45, 2.75) is 19.4 Å². The number of para-hydroxylation sites is 1. The number of benzene rings is 1. The maximum atomic E-state index is 9.42. The van der Waals surface area contributed by atoms with Gasteiger partial charge in [-0.2, -0.15) is 0 Å². The molecule has 1 heterocycles. The van der Waals surface area contributed by atoms with Gasteiger partial charge in [0.2, 0.25) is 0 Å². The van der Waals surface area contributed by atoms with Crippen molar-refractivity contribution in [2.24, 2.45) is 0 Å². The summed E-state index contributed by atoms with van der Waals surface area (Å²) in [4.78, 5) is 11.3. The molecule has 0 aliphatic carbocycles. The van der Waals surface area contributed by atoms with Crippen LogP contribution >= 0.6 is 0 Å². The maximum absolute atomic E-state index is 9.42. The number of hydrogen-bond acceptors (Lipinski definition) is 5. The van der Waals surface area contributed by atoms with Crippen molar-refractivity contribution in [3.05, 3.63) is 30.1 Å². The number of likely N-dealkylation sites (N-methyl/N-ethyl adjacent to an activating group) is 1. The first-order chi connectivity index (χ1) is 9.56. The summed E-state index contributed by atoms with van der Waals surface area (Å²) >= 11 is 0. The minimum absolute atomic E-state index is 0.408. The van der Waals surface area contributed by atoms with E-state index in [2.05, 4.69) is 20.2 Å². The Labute approximate surface area is 119 Å². The van der Waals surface area contributed by atoms with Gasteiger partial charge in [0.25, 0.3) is 0 Å². The molecule has 2 aromatic rings. The first-order valence-corrected chi connectivity index (χ1v) is 6.88. The number of aliphatic hydroxyl groups excluding tert-OH is 1. The lowest BCUT2D eigenvalue weighted by Gasteiger charge is -2.13. The van der Waals surface area contributed by atoms with Crippen LogP contribution in [-0.2, 0) is 6.42 Å². The topological polar surface area (TPSA) is 61.3 Å². The van der Waals surface area contributed by atoms with Gasteiger partial charge in [-0.25, -0.2) is 9.97 Å². The highest BCUT2D eigenvalue weighted by molar-refractivity contribution is 5.88. The van der Waals surface area contributed by atoms with E-state index in [-0.39, 0.29) is 0 Å². The van der Waals surface area contributed by atoms with Gasteiger partial charge in [-0.15, -0.1) is 0 Å². The second-order valence-corrected chi connectivity index (χ2v) is 5.29. The van der Waals surface area contributed by atoms with Gasteiger partial charge in [0.1, 0.15) is 11.6 Å². The van der Waals surface area contributed by atoms with Gasteiger partial charge in [0.15, 0.2) is 0 Å². The van der Waals surface area contributed by atoms with E-state index in [9.17, 15) is 5.11 Å². The van der Waals surface area contributed by atoms with Crippen molar-refractivity contribution in [1.29, 1.82) is 0 Å². The van der Waals surface area contributed by atoms with E-state index in [4.69, 9.17) is 0 Å². The Bertz CT molecular complexity index is 569. The van der Waals surface area contributed by atoms with Gasteiger partial charge in [-0.3, -0.25) is 0 Å². The Morgan fingerprint density at radius 2 is 2.00 bits per heavy atom. The molecule has 0 amide bonds. The average Bonchev–Trinajstić information content (AvgIpc) is 2.42. The van der Waals surface area contributed by atoms with E-state index in [0.29, 0.717) is 6.54 Å². The molecule has 2 rings (SSSR count). The highest BCUT2D eigenvalue weighted by atomic mass is 16.3. The van der Waals surface area contributed by atoms with Crippen molar-refractivity contribution in [3.63, 3.8) is 0 Å². The molecule has 0 bridgehead atoms. The number of anilines is 1. The summed E-state index contributed by atoms with van der Waals surface area (Å²) in [5, 5.41) is 13.6. The third-order valence-corrected chi connectivity index (χ3v) is 3.00. The second kappa shape index (κ2) is 6.63. The van der Waals surface area contributed by atoms with Crippen LogP contribution in [0.25, 0.3) is 10.9 Å². The molecule has 0 unspecified atom stereocenters. The number of hydrogen-bond donors (Lipinski definition) is 2. The zero-order valence-corrected chi connectivity index (χ0v) is 12.3. The Balaban J connectivity index is 2.31. The number of aromatic nitrogens is 2. The number of aliphatic hydroxyl groups is 1. The molecule has 20 heavy (non-hydrogen) atoms. The monoisotopic (exact) mass is 274 g/mol. The molecule has 0 aliphatic heterocycles. The Hall–Kier alpha value is -1.72. The molecule has 0 spiro atoms. The first kappa shape index (κ1) is 14.7. The molecule has 1 aromatic heterocycles. The first-order valence-electron chi connectivity index (χ1n) is 6.88. The molecule has 0 aliphatic rings. The van der Waals surface area contributed by atoms with Crippen LogP contribution in [0.1, 0.15) is 12.7 Å². The largest absolute Gasteiger partial charge is 0.392 e. The van der Waals surface area contributed by atoms with Crippen LogP contribution in [-0.4, -0.2) is 53.3 Å². The summed E-state index contributed by atoms with van der Waals surface area (Å²) in [6.07, 6.45) is 0.398. The minimum atomic E-state index is -0.408. The van der Waals surface area contributed by atoms with Crippen molar-refractivity contribution in [2.75, 3.05) is 32.5 Å². The van der Waals surface area contributed by atoms with Crippen LogP contribution in [0.3, 0.4) is 0 Å². The summed E-state index contributed by atoms with van der Waals surface area (Å²) in [5.74, 6) is 1.62. The van der Waals surface area contributed by atoms with Crippen molar-refractivity contribution in [1.82, 2.24) is 14.9 Å². The van der Waals surface area contributed by atoms with E-state index in [0.717, 1.165) is 35.5 Å². The van der Waals surface area contributed by atoms with Crippen LogP contribution in [0.15, 0.2) is 24.3 Å². The predicted molar refractivity (Wildman–Crippen MR) is 82.0 cm³/mol. The normalized spacial score (nSPS) is 12.8. The standard InChI is InChI=1S/C15H22N4O/c1-11(20)10-16-15-12-6-4-5-7-13(12)17-14(18-15)8-9-19(2)3/h4-7,11,20H,8-10H2,1-3H3,(H,16,17,18)/t11-/m1/s1. The number of fused-ring (bicyclic) bond motifs is 1. The maximum Gasteiger partial charge on any atom is 0.137 e. The molecule has 5 nitrogen and oxygen atoms in total. The van der Waals surface area contributed by atoms with E-state index >= 15 is 0 Å². The third-order valence-electron chi connectivity index (χ3n) is 3.00. The van der Waals surface area contributed by atoms with Gasteiger partial charge in [-0.1, -0.05) is 12.1 Å². The van der Waals surface area contributed by atoms with Crippen molar-refractivity contribution >= 4 is 16.7 Å². The van der Waals surface area contributed by atoms with Crippen LogP contribution in [0, 0.1) is 0 Å². The second-order valence-electron chi connectivity index (χ2n) is 5.29.